The van der Waals surface area contributed by atoms with Crippen LogP contribution in [0.15, 0.2) is 73.1 Å². The molecule has 1 saturated heterocycles. The molecule has 2 aliphatic rings. The molecule has 1 aliphatic heterocycles. The van der Waals surface area contributed by atoms with Crippen molar-refractivity contribution in [3.8, 4) is 39.5 Å². The van der Waals surface area contributed by atoms with Crippen molar-refractivity contribution in [2.24, 2.45) is 5.92 Å². The summed E-state index contributed by atoms with van der Waals surface area (Å²) in [5.74, 6) is 0.330. The van der Waals surface area contributed by atoms with Gasteiger partial charge < -0.3 is 15.0 Å². The molecule has 0 atom stereocenters. The van der Waals surface area contributed by atoms with E-state index in [1.54, 1.807) is 18.5 Å². The predicted molar refractivity (Wildman–Crippen MR) is 172 cm³/mol. The molecule has 0 unspecified atom stereocenters. The van der Waals surface area contributed by atoms with Crippen LogP contribution in [0.3, 0.4) is 0 Å². The van der Waals surface area contributed by atoms with Crippen molar-refractivity contribution in [3.63, 3.8) is 0 Å². The molecule has 9 nitrogen and oxygen atoms in total. The number of amides is 1. The number of pyridine rings is 2. The first-order chi connectivity index (χ1) is 22.1. The number of carbonyl (C=O) groups excluding carboxylic acids is 1. The SMILES string of the molecule is O=C(Nc1cncc(-c2ccc3[nH]nc(-c4cc5c(-c6cc(F)cc(OCCN7CCCC7)c6)cccc5[nH]4)c3n2)c1)C1CC1. The van der Waals surface area contributed by atoms with Crippen LogP contribution in [0.5, 0.6) is 5.75 Å². The van der Waals surface area contributed by atoms with E-state index in [1.165, 1.54) is 18.9 Å². The number of hydrogen-bond acceptors (Lipinski definition) is 6. The number of halogens is 1. The van der Waals surface area contributed by atoms with Crippen LogP contribution < -0.4 is 10.1 Å². The zero-order valence-electron chi connectivity index (χ0n) is 24.6. The monoisotopic (exact) mass is 601 g/mol. The van der Waals surface area contributed by atoms with E-state index in [2.05, 4.69) is 30.4 Å². The van der Waals surface area contributed by atoms with Gasteiger partial charge in [0.15, 0.2) is 0 Å². The molecule has 3 N–H and O–H groups in total. The molecule has 1 aliphatic carbocycles. The Morgan fingerprint density at radius 1 is 1.00 bits per heavy atom. The summed E-state index contributed by atoms with van der Waals surface area (Å²) in [6.45, 7) is 3.57. The molecule has 2 fully saturated rings. The van der Waals surface area contributed by atoms with Gasteiger partial charge in [-0.2, -0.15) is 5.10 Å². The highest BCUT2D eigenvalue weighted by Crippen LogP contribution is 2.36. The Labute approximate surface area is 258 Å². The van der Waals surface area contributed by atoms with Gasteiger partial charge in [0.1, 0.15) is 29.4 Å². The van der Waals surface area contributed by atoms with Gasteiger partial charge >= 0.3 is 0 Å². The van der Waals surface area contributed by atoms with Gasteiger partial charge in [-0.05, 0) is 92.4 Å². The van der Waals surface area contributed by atoms with Crippen molar-refractivity contribution in [1.29, 1.82) is 0 Å². The molecule has 8 rings (SSSR count). The Morgan fingerprint density at radius 3 is 2.76 bits per heavy atom. The highest BCUT2D eigenvalue weighted by molar-refractivity contribution is 6.01. The van der Waals surface area contributed by atoms with Gasteiger partial charge in [-0.1, -0.05) is 12.1 Å². The lowest BCUT2D eigenvalue weighted by Gasteiger charge is -2.15. The van der Waals surface area contributed by atoms with Crippen LogP contribution in [0.25, 0.3) is 55.7 Å². The fourth-order valence-corrected chi connectivity index (χ4v) is 6.12. The third-order valence-electron chi connectivity index (χ3n) is 8.63. The quantitative estimate of drug-likeness (QED) is 0.168. The molecule has 45 heavy (non-hydrogen) atoms. The maximum absolute atomic E-state index is 14.8. The summed E-state index contributed by atoms with van der Waals surface area (Å²) in [6, 6.07) is 18.6. The Balaban J connectivity index is 1.10. The maximum Gasteiger partial charge on any atom is 0.227 e. The van der Waals surface area contributed by atoms with Crippen molar-refractivity contribution >= 4 is 33.5 Å². The lowest BCUT2D eigenvalue weighted by atomic mass is 10.0. The van der Waals surface area contributed by atoms with E-state index < -0.39 is 0 Å². The highest BCUT2D eigenvalue weighted by Gasteiger charge is 2.29. The number of hydrogen-bond donors (Lipinski definition) is 3. The van der Waals surface area contributed by atoms with Gasteiger partial charge in [-0.15, -0.1) is 0 Å². The number of rotatable bonds is 9. The lowest BCUT2D eigenvalue weighted by molar-refractivity contribution is -0.117. The molecular formula is C35H32FN7O2. The Kier molecular flexibility index (Phi) is 6.98. The first kappa shape index (κ1) is 27.5. The molecule has 6 aromatic rings. The minimum atomic E-state index is -0.336. The molecule has 1 amide bonds. The van der Waals surface area contributed by atoms with Crippen LogP contribution in [-0.4, -0.2) is 62.2 Å². The molecular weight excluding hydrogens is 569 g/mol. The second-order valence-electron chi connectivity index (χ2n) is 11.9. The zero-order chi connectivity index (χ0) is 30.3. The normalized spacial score (nSPS) is 15.2. The highest BCUT2D eigenvalue weighted by atomic mass is 19.1. The second-order valence-corrected chi connectivity index (χ2v) is 11.9. The third kappa shape index (κ3) is 5.64. The predicted octanol–water partition coefficient (Wildman–Crippen LogP) is 6.80. The molecule has 5 heterocycles. The number of carbonyl (C=O) groups is 1. The molecule has 0 spiro atoms. The van der Waals surface area contributed by atoms with E-state index in [-0.39, 0.29) is 17.6 Å². The van der Waals surface area contributed by atoms with Crippen LogP contribution in [-0.2, 0) is 4.79 Å². The average molecular weight is 602 g/mol. The summed E-state index contributed by atoms with van der Waals surface area (Å²) in [4.78, 5) is 27.4. The number of anilines is 1. The molecule has 0 bridgehead atoms. The molecule has 1 saturated carbocycles. The van der Waals surface area contributed by atoms with Gasteiger partial charge in [0.2, 0.25) is 5.91 Å². The summed E-state index contributed by atoms with van der Waals surface area (Å²) < 4.78 is 20.8. The van der Waals surface area contributed by atoms with Crippen LogP contribution in [0.2, 0.25) is 0 Å². The Bertz CT molecular complexity index is 2040. The Hall–Kier alpha value is -5.09. The largest absolute Gasteiger partial charge is 0.492 e. The molecule has 0 radical (unpaired) electrons. The summed E-state index contributed by atoms with van der Waals surface area (Å²) in [6.07, 6.45) is 7.71. The molecule has 4 aromatic heterocycles. The smallest absolute Gasteiger partial charge is 0.227 e. The van der Waals surface area contributed by atoms with Crippen molar-refractivity contribution in [2.45, 2.75) is 25.7 Å². The standard InChI is InChI=1S/C35H32FN7O2/c36-24-14-22(16-26(17-24)45-13-12-43-10-1-2-11-43)27-4-3-5-30-28(27)18-32(39-30)34-33-31(41-42-34)9-8-29(40-33)23-15-25(20-37-19-23)38-35(44)21-6-7-21/h3-5,8-9,14-21,39H,1-2,6-7,10-13H2,(H,38,44)(H,41,42). The van der Waals surface area contributed by atoms with E-state index >= 15 is 0 Å². The maximum atomic E-state index is 14.8. The summed E-state index contributed by atoms with van der Waals surface area (Å²) in [7, 11) is 0. The van der Waals surface area contributed by atoms with Crippen LogP contribution in [0.4, 0.5) is 10.1 Å². The second kappa shape index (κ2) is 11.4. The molecule has 226 valence electrons. The van der Waals surface area contributed by atoms with Crippen molar-refractivity contribution in [3.05, 3.63) is 78.9 Å². The number of benzene rings is 2. The van der Waals surface area contributed by atoms with E-state index in [1.807, 2.05) is 48.5 Å². The topological polar surface area (TPSA) is 112 Å². The van der Waals surface area contributed by atoms with E-state index in [9.17, 15) is 9.18 Å². The Morgan fingerprint density at radius 2 is 1.89 bits per heavy atom. The number of fused-ring (bicyclic) bond motifs is 2. The number of ether oxygens (including phenoxy) is 1. The summed E-state index contributed by atoms with van der Waals surface area (Å²) in [5, 5.41) is 11.6. The molecule has 10 heteroatoms. The van der Waals surface area contributed by atoms with Gasteiger partial charge in [-0.3, -0.25) is 19.8 Å². The first-order valence-electron chi connectivity index (χ1n) is 15.5. The first-order valence-corrected chi connectivity index (χ1v) is 15.5. The summed E-state index contributed by atoms with van der Waals surface area (Å²) in [5.41, 5.74) is 7.65. The number of aromatic nitrogens is 5. The number of aromatic amines is 2. The fraction of sp³-hybridized carbons (Fsp3) is 0.257. The van der Waals surface area contributed by atoms with E-state index in [4.69, 9.17) is 9.72 Å². The van der Waals surface area contributed by atoms with Crippen molar-refractivity contribution in [2.75, 3.05) is 31.6 Å². The van der Waals surface area contributed by atoms with Crippen molar-refractivity contribution in [1.82, 2.24) is 30.0 Å². The van der Waals surface area contributed by atoms with E-state index in [0.29, 0.717) is 34.9 Å². The van der Waals surface area contributed by atoms with Crippen LogP contribution in [0.1, 0.15) is 25.7 Å². The number of nitrogens with one attached hydrogen (secondary N) is 3. The average Bonchev–Trinajstić information content (AvgIpc) is 3.40. The van der Waals surface area contributed by atoms with Gasteiger partial charge in [0.05, 0.1) is 28.8 Å². The molecule has 2 aromatic carbocycles. The van der Waals surface area contributed by atoms with E-state index in [0.717, 1.165) is 71.3 Å². The lowest BCUT2D eigenvalue weighted by Crippen LogP contribution is -2.25. The number of H-pyrrole nitrogens is 2. The third-order valence-corrected chi connectivity index (χ3v) is 8.63. The summed E-state index contributed by atoms with van der Waals surface area (Å²) >= 11 is 0. The minimum Gasteiger partial charge on any atom is -0.492 e. The number of likely N-dealkylation sites (tertiary alicyclic amines) is 1. The van der Waals surface area contributed by atoms with Crippen molar-refractivity contribution < 1.29 is 13.9 Å². The van der Waals surface area contributed by atoms with Crippen LogP contribution >= 0.6 is 0 Å². The zero-order valence-corrected chi connectivity index (χ0v) is 24.6. The van der Waals surface area contributed by atoms with Crippen LogP contribution in [0, 0.1) is 11.7 Å². The van der Waals surface area contributed by atoms with Gasteiger partial charge in [-0.25, -0.2) is 9.37 Å². The number of nitrogens with zero attached hydrogens (tertiary/aromatic N) is 4. The van der Waals surface area contributed by atoms with Gasteiger partial charge in [0, 0.05) is 41.2 Å². The fourth-order valence-electron chi connectivity index (χ4n) is 6.12. The van der Waals surface area contributed by atoms with Gasteiger partial charge in [0.25, 0.3) is 0 Å². The minimum absolute atomic E-state index is 0.0344.